The van der Waals surface area contributed by atoms with E-state index in [4.69, 9.17) is 11.6 Å². The fraction of sp³-hybridized carbons (Fsp3) is 0.444. The van der Waals surface area contributed by atoms with E-state index in [2.05, 4.69) is 15.2 Å². The number of halogens is 2. The second kappa shape index (κ2) is 7.02. The molecule has 2 heterocycles. The molecule has 1 saturated carbocycles. The smallest absolute Gasteiger partial charge is 0.253 e. The Labute approximate surface area is 155 Å². The summed E-state index contributed by atoms with van der Waals surface area (Å²) in [7, 11) is 0. The molecular formula is C18H19ClFN3OS. The van der Waals surface area contributed by atoms with Gasteiger partial charge in [0.25, 0.3) is 5.91 Å². The first kappa shape index (κ1) is 16.9. The van der Waals surface area contributed by atoms with Crippen LogP contribution in [0.3, 0.4) is 0 Å². The van der Waals surface area contributed by atoms with Crippen LogP contribution in [0.4, 0.5) is 4.39 Å². The highest BCUT2D eigenvalue weighted by Crippen LogP contribution is 2.37. The van der Waals surface area contributed by atoms with Crippen molar-refractivity contribution in [3.05, 3.63) is 51.2 Å². The maximum Gasteiger partial charge on any atom is 0.253 e. The van der Waals surface area contributed by atoms with Gasteiger partial charge in [-0.3, -0.25) is 9.69 Å². The van der Waals surface area contributed by atoms with Gasteiger partial charge in [-0.15, -0.1) is 11.3 Å². The fourth-order valence-corrected chi connectivity index (χ4v) is 5.02. The first-order chi connectivity index (χ1) is 12.1. The Morgan fingerprint density at radius 1 is 1.36 bits per heavy atom. The lowest BCUT2D eigenvalue weighted by molar-refractivity contribution is 0.0825. The summed E-state index contributed by atoms with van der Waals surface area (Å²) in [6.45, 7) is 2.82. The van der Waals surface area contributed by atoms with Crippen molar-refractivity contribution < 1.29 is 9.18 Å². The molecule has 2 bridgehead atoms. The second-order valence-corrected chi connectivity index (χ2v) is 8.23. The number of rotatable bonds is 4. The first-order valence-electron chi connectivity index (χ1n) is 8.47. The van der Waals surface area contributed by atoms with Gasteiger partial charge in [0.05, 0.1) is 17.1 Å². The number of carbonyl (C=O) groups is 1. The molecule has 4 rings (SSSR count). The van der Waals surface area contributed by atoms with Crippen molar-refractivity contribution in [2.45, 2.75) is 25.4 Å². The molecule has 1 aliphatic carbocycles. The molecule has 1 aromatic carbocycles. The lowest BCUT2D eigenvalue weighted by Gasteiger charge is -2.38. The molecule has 2 fully saturated rings. The van der Waals surface area contributed by atoms with Crippen molar-refractivity contribution in [2.75, 3.05) is 13.1 Å². The van der Waals surface area contributed by atoms with Gasteiger partial charge in [0, 0.05) is 30.7 Å². The number of hydrogen-bond acceptors (Lipinski definition) is 4. The third-order valence-corrected chi connectivity index (χ3v) is 6.30. The van der Waals surface area contributed by atoms with Crippen LogP contribution in [0.2, 0.25) is 5.02 Å². The third kappa shape index (κ3) is 3.57. The summed E-state index contributed by atoms with van der Waals surface area (Å²) < 4.78 is 13.2. The summed E-state index contributed by atoms with van der Waals surface area (Å²) in [6.07, 6.45) is 4.09. The Morgan fingerprint density at radius 3 is 2.76 bits per heavy atom. The minimum atomic E-state index is -0.433. The average Bonchev–Trinajstić information content (AvgIpc) is 3.14. The molecule has 1 N–H and O–H groups in total. The highest BCUT2D eigenvalue weighted by atomic mass is 35.5. The number of amides is 1. The summed E-state index contributed by atoms with van der Waals surface area (Å²) in [5.74, 6) is 0.251. The lowest BCUT2D eigenvalue weighted by atomic mass is 9.92. The van der Waals surface area contributed by atoms with Crippen LogP contribution in [0.5, 0.6) is 0 Å². The quantitative estimate of drug-likeness (QED) is 0.883. The highest BCUT2D eigenvalue weighted by molar-refractivity contribution is 7.09. The van der Waals surface area contributed by atoms with Crippen LogP contribution in [0.1, 0.15) is 28.2 Å². The van der Waals surface area contributed by atoms with Crippen LogP contribution in [0, 0.1) is 17.7 Å². The van der Waals surface area contributed by atoms with Crippen molar-refractivity contribution in [1.29, 1.82) is 0 Å². The van der Waals surface area contributed by atoms with Gasteiger partial charge < -0.3 is 5.32 Å². The van der Waals surface area contributed by atoms with E-state index in [1.54, 1.807) is 11.3 Å². The second-order valence-electron chi connectivity index (χ2n) is 6.84. The molecule has 0 radical (unpaired) electrons. The molecule has 1 amide bonds. The topological polar surface area (TPSA) is 45.2 Å². The average molecular weight is 380 g/mol. The number of carbonyl (C=O) groups excluding carboxylic acids is 1. The summed E-state index contributed by atoms with van der Waals surface area (Å²) >= 11 is 7.70. The van der Waals surface area contributed by atoms with Gasteiger partial charge in [-0.1, -0.05) is 11.6 Å². The minimum absolute atomic E-state index is 0.158. The zero-order chi connectivity index (χ0) is 17.4. The van der Waals surface area contributed by atoms with Crippen molar-refractivity contribution in [3.8, 4) is 0 Å². The molecule has 0 spiro atoms. The van der Waals surface area contributed by atoms with Gasteiger partial charge in [-0.25, -0.2) is 9.37 Å². The van der Waals surface area contributed by atoms with E-state index >= 15 is 0 Å². The number of hydrogen-bond donors (Lipinski definition) is 1. The van der Waals surface area contributed by atoms with Crippen molar-refractivity contribution in [1.82, 2.24) is 15.2 Å². The molecule has 1 aromatic heterocycles. The Kier molecular flexibility index (Phi) is 4.75. The van der Waals surface area contributed by atoms with Crippen molar-refractivity contribution >= 4 is 28.8 Å². The van der Waals surface area contributed by atoms with E-state index in [-0.39, 0.29) is 17.0 Å². The minimum Gasteiger partial charge on any atom is -0.349 e. The van der Waals surface area contributed by atoms with Crippen molar-refractivity contribution in [2.24, 2.45) is 11.8 Å². The molecule has 7 heteroatoms. The number of aromatic nitrogens is 1. The number of likely N-dealkylation sites (tertiary alicyclic amines) is 1. The molecule has 2 aliphatic rings. The van der Waals surface area contributed by atoms with E-state index in [0.717, 1.165) is 37.5 Å². The van der Waals surface area contributed by atoms with Crippen LogP contribution >= 0.6 is 22.9 Å². The Hall–Kier alpha value is -1.50. The Balaban J connectivity index is 1.41. The maximum atomic E-state index is 13.2. The van der Waals surface area contributed by atoms with Gasteiger partial charge in [-0.05, 0) is 42.9 Å². The Bertz CT molecular complexity index is 756. The summed E-state index contributed by atoms with van der Waals surface area (Å²) in [6, 6.07) is 4.07. The monoisotopic (exact) mass is 379 g/mol. The highest BCUT2D eigenvalue weighted by Gasteiger charge is 2.42. The van der Waals surface area contributed by atoms with Crippen molar-refractivity contribution in [3.63, 3.8) is 0 Å². The summed E-state index contributed by atoms with van der Waals surface area (Å²) in [5.41, 5.74) is 0.340. The molecular weight excluding hydrogens is 361 g/mol. The number of fused-ring (bicyclic) bond motifs is 2. The molecule has 1 unspecified atom stereocenters. The normalized spacial score (nSPS) is 25.9. The molecule has 25 heavy (non-hydrogen) atoms. The van der Waals surface area contributed by atoms with Crippen LogP contribution in [-0.2, 0) is 6.54 Å². The Morgan fingerprint density at radius 2 is 2.12 bits per heavy atom. The third-order valence-electron chi connectivity index (χ3n) is 5.23. The predicted molar refractivity (Wildman–Crippen MR) is 96.3 cm³/mol. The molecule has 2 aromatic rings. The van der Waals surface area contributed by atoms with E-state index in [0.29, 0.717) is 17.4 Å². The van der Waals surface area contributed by atoms with Gasteiger partial charge in [0.2, 0.25) is 0 Å². The number of piperidine rings is 1. The first-order valence-corrected chi connectivity index (χ1v) is 9.72. The van der Waals surface area contributed by atoms with Crippen LogP contribution < -0.4 is 5.32 Å². The summed E-state index contributed by atoms with van der Waals surface area (Å²) in [5, 5.41) is 6.45. The van der Waals surface area contributed by atoms with E-state index in [1.165, 1.54) is 18.2 Å². The number of benzene rings is 1. The number of nitrogens with one attached hydrogen (secondary N) is 1. The standard InChI is InChI=1S/C18H19ClFN3OS/c19-15-7-13(20)3-4-14(15)18(24)22-17-11-1-2-12(17)9-23(8-11)10-16-21-5-6-25-16/h3-7,11-12,17H,1-2,8-10H2,(H,22,24)/t11-,12+,17?. The molecule has 3 atom stereocenters. The molecule has 132 valence electrons. The van der Waals surface area contributed by atoms with Crippen LogP contribution in [-0.4, -0.2) is 34.9 Å². The zero-order valence-electron chi connectivity index (χ0n) is 13.6. The summed E-state index contributed by atoms with van der Waals surface area (Å²) in [4.78, 5) is 19.4. The van der Waals surface area contributed by atoms with Gasteiger partial charge >= 0.3 is 0 Å². The maximum absolute atomic E-state index is 13.2. The van der Waals surface area contributed by atoms with E-state index in [1.807, 2.05) is 11.6 Å². The fourth-order valence-electron chi connectivity index (χ4n) is 4.11. The molecule has 1 saturated heterocycles. The lowest BCUT2D eigenvalue weighted by Crippen LogP contribution is -2.52. The molecule has 1 aliphatic heterocycles. The SMILES string of the molecule is O=C(NC1[C@@H]2CC[C@H]1CN(Cc1nccs1)C2)c1ccc(F)cc1Cl. The number of thiazole rings is 1. The van der Waals surface area contributed by atoms with Gasteiger partial charge in [0.15, 0.2) is 0 Å². The largest absolute Gasteiger partial charge is 0.349 e. The predicted octanol–water partition coefficient (Wildman–Crippen LogP) is 3.58. The van der Waals surface area contributed by atoms with Gasteiger partial charge in [0.1, 0.15) is 10.8 Å². The molecule has 4 nitrogen and oxygen atoms in total. The zero-order valence-corrected chi connectivity index (χ0v) is 15.2. The van der Waals surface area contributed by atoms with E-state index < -0.39 is 5.82 Å². The van der Waals surface area contributed by atoms with Gasteiger partial charge in [-0.2, -0.15) is 0 Å². The number of nitrogens with zero attached hydrogens (tertiary/aromatic N) is 2. The van der Waals surface area contributed by atoms with Crippen LogP contribution in [0.25, 0.3) is 0 Å². The van der Waals surface area contributed by atoms with E-state index in [9.17, 15) is 9.18 Å². The van der Waals surface area contributed by atoms with Crippen LogP contribution in [0.15, 0.2) is 29.8 Å².